The normalized spacial score (nSPS) is 18.7. The third kappa shape index (κ3) is 2.38. The smallest absolute Gasteiger partial charge is 0.175 e. The van der Waals surface area contributed by atoms with Gasteiger partial charge in [0.05, 0.1) is 4.90 Å². The van der Waals surface area contributed by atoms with Gasteiger partial charge in [0.15, 0.2) is 9.84 Å². The maximum atomic E-state index is 11.4. The van der Waals surface area contributed by atoms with Crippen LogP contribution in [0.25, 0.3) is 0 Å². The second-order valence-corrected chi connectivity index (χ2v) is 6.98. The fourth-order valence-electron chi connectivity index (χ4n) is 2.62. The molecule has 1 aromatic rings. The molecule has 3 nitrogen and oxygen atoms in total. The Kier molecular flexibility index (Phi) is 3.27. The van der Waals surface area contributed by atoms with E-state index in [1.54, 1.807) is 12.1 Å². The Balaban J connectivity index is 2.29. The molecule has 0 amide bonds. The van der Waals surface area contributed by atoms with E-state index in [2.05, 4.69) is 0 Å². The number of sulfone groups is 1. The Morgan fingerprint density at radius 1 is 1.24 bits per heavy atom. The lowest BCUT2D eigenvalue weighted by Crippen LogP contribution is -2.36. The minimum atomic E-state index is -3.09. The van der Waals surface area contributed by atoms with Crippen molar-refractivity contribution in [3.8, 4) is 0 Å². The minimum absolute atomic E-state index is 0.213. The molecule has 0 bridgehead atoms. The first-order valence-corrected chi connectivity index (χ1v) is 7.88. The quantitative estimate of drug-likeness (QED) is 0.891. The highest BCUT2D eigenvalue weighted by Crippen LogP contribution is 2.46. The lowest BCUT2D eigenvalue weighted by Gasteiger charge is -2.42. The molecule has 0 heterocycles. The third-order valence-electron chi connectivity index (χ3n) is 3.83. The zero-order valence-corrected chi connectivity index (χ0v) is 11.0. The van der Waals surface area contributed by atoms with Crippen molar-refractivity contribution in [1.82, 2.24) is 0 Å². The average molecular weight is 253 g/mol. The summed E-state index contributed by atoms with van der Waals surface area (Å²) in [5, 5.41) is 0. The Morgan fingerprint density at radius 2 is 1.82 bits per heavy atom. The maximum absolute atomic E-state index is 11.4. The molecule has 1 saturated carbocycles. The molecule has 94 valence electrons. The largest absolute Gasteiger partial charge is 0.330 e. The van der Waals surface area contributed by atoms with Crippen LogP contribution in [0.15, 0.2) is 29.2 Å². The van der Waals surface area contributed by atoms with Crippen molar-refractivity contribution in [3.05, 3.63) is 29.8 Å². The van der Waals surface area contributed by atoms with Crippen molar-refractivity contribution in [3.63, 3.8) is 0 Å². The van der Waals surface area contributed by atoms with Crippen LogP contribution >= 0.6 is 0 Å². The Bertz CT molecular complexity index is 487. The van der Waals surface area contributed by atoms with Gasteiger partial charge in [-0.1, -0.05) is 18.6 Å². The lowest BCUT2D eigenvalue weighted by molar-refractivity contribution is 0.229. The molecular weight excluding hydrogens is 234 g/mol. The van der Waals surface area contributed by atoms with Crippen LogP contribution in [0.5, 0.6) is 0 Å². The molecule has 1 aromatic carbocycles. The lowest BCUT2D eigenvalue weighted by atomic mass is 9.62. The number of hydrogen-bond acceptors (Lipinski definition) is 3. The first-order valence-electron chi connectivity index (χ1n) is 5.99. The highest BCUT2D eigenvalue weighted by molar-refractivity contribution is 7.90. The molecule has 0 unspecified atom stereocenters. The van der Waals surface area contributed by atoms with E-state index in [9.17, 15) is 8.42 Å². The van der Waals surface area contributed by atoms with E-state index in [0.717, 1.165) is 6.42 Å². The molecule has 17 heavy (non-hydrogen) atoms. The van der Waals surface area contributed by atoms with Crippen LogP contribution in [0.3, 0.4) is 0 Å². The van der Waals surface area contributed by atoms with Crippen molar-refractivity contribution in [2.75, 3.05) is 12.8 Å². The van der Waals surface area contributed by atoms with Gasteiger partial charge in [-0.05, 0) is 48.9 Å². The highest BCUT2D eigenvalue weighted by Gasteiger charge is 2.37. The standard InChI is InChI=1S/C13H19NO2S/c1-17(15,16)12-5-3-11(4-6-12)13(9-10-14)7-2-8-13/h3-6H,2,7-10,14H2,1H3. The SMILES string of the molecule is CS(=O)(=O)c1ccc(C2(CCN)CCC2)cc1. The number of benzene rings is 1. The summed E-state index contributed by atoms with van der Waals surface area (Å²) in [7, 11) is -3.09. The van der Waals surface area contributed by atoms with E-state index >= 15 is 0 Å². The highest BCUT2D eigenvalue weighted by atomic mass is 32.2. The topological polar surface area (TPSA) is 60.2 Å². The first-order chi connectivity index (χ1) is 7.98. The summed E-state index contributed by atoms with van der Waals surface area (Å²) in [6, 6.07) is 7.32. The zero-order chi connectivity index (χ0) is 12.5. The Labute approximate surface area is 103 Å². The number of hydrogen-bond donors (Lipinski definition) is 1. The van der Waals surface area contributed by atoms with Crippen molar-refractivity contribution >= 4 is 9.84 Å². The van der Waals surface area contributed by atoms with Gasteiger partial charge in [-0.25, -0.2) is 8.42 Å². The van der Waals surface area contributed by atoms with Gasteiger partial charge in [0, 0.05) is 6.26 Å². The maximum Gasteiger partial charge on any atom is 0.175 e. The number of rotatable bonds is 4. The van der Waals surface area contributed by atoms with Crippen molar-refractivity contribution in [2.24, 2.45) is 5.73 Å². The van der Waals surface area contributed by atoms with Gasteiger partial charge >= 0.3 is 0 Å². The molecule has 0 aliphatic heterocycles. The van der Waals surface area contributed by atoms with E-state index < -0.39 is 9.84 Å². The predicted octanol–water partition coefficient (Wildman–Crippen LogP) is 1.86. The molecule has 2 N–H and O–H groups in total. The monoisotopic (exact) mass is 253 g/mol. The summed E-state index contributed by atoms with van der Waals surface area (Å²) >= 11 is 0. The molecule has 4 heteroatoms. The summed E-state index contributed by atoms with van der Waals surface area (Å²) in [5.41, 5.74) is 7.12. The van der Waals surface area contributed by atoms with E-state index in [1.165, 1.54) is 31.1 Å². The zero-order valence-electron chi connectivity index (χ0n) is 10.1. The second-order valence-electron chi connectivity index (χ2n) is 4.97. The molecule has 2 rings (SSSR count). The van der Waals surface area contributed by atoms with Gasteiger partial charge in [0.2, 0.25) is 0 Å². The molecule has 1 aliphatic carbocycles. The molecule has 0 atom stereocenters. The van der Waals surface area contributed by atoms with Gasteiger partial charge in [-0.15, -0.1) is 0 Å². The second kappa shape index (κ2) is 4.42. The van der Waals surface area contributed by atoms with E-state index in [1.807, 2.05) is 12.1 Å². The van der Waals surface area contributed by atoms with E-state index in [0.29, 0.717) is 11.4 Å². The van der Waals surface area contributed by atoms with Gasteiger partial charge in [0.1, 0.15) is 0 Å². The van der Waals surface area contributed by atoms with Crippen LogP contribution in [-0.4, -0.2) is 21.2 Å². The van der Waals surface area contributed by atoms with Crippen LogP contribution in [-0.2, 0) is 15.3 Å². The molecule has 0 saturated heterocycles. The van der Waals surface area contributed by atoms with Crippen LogP contribution in [0.4, 0.5) is 0 Å². The first kappa shape index (κ1) is 12.6. The summed E-state index contributed by atoms with van der Waals surface area (Å²) in [4.78, 5) is 0.392. The fraction of sp³-hybridized carbons (Fsp3) is 0.538. The summed E-state index contributed by atoms with van der Waals surface area (Å²) in [6.07, 6.45) is 5.81. The minimum Gasteiger partial charge on any atom is -0.330 e. The summed E-state index contributed by atoms with van der Waals surface area (Å²) in [5.74, 6) is 0. The molecule has 1 fully saturated rings. The molecule has 0 spiro atoms. The van der Waals surface area contributed by atoms with E-state index in [4.69, 9.17) is 5.73 Å². The van der Waals surface area contributed by atoms with Gasteiger partial charge in [-0.3, -0.25) is 0 Å². The van der Waals surface area contributed by atoms with Gasteiger partial charge in [0.25, 0.3) is 0 Å². The molecule has 0 radical (unpaired) electrons. The predicted molar refractivity (Wildman–Crippen MR) is 68.8 cm³/mol. The number of nitrogens with two attached hydrogens (primary N) is 1. The van der Waals surface area contributed by atoms with E-state index in [-0.39, 0.29) is 5.41 Å². The van der Waals surface area contributed by atoms with Gasteiger partial charge < -0.3 is 5.73 Å². The van der Waals surface area contributed by atoms with Crippen molar-refractivity contribution < 1.29 is 8.42 Å². The Morgan fingerprint density at radius 3 is 2.18 bits per heavy atom. The van der Waals surface area contributed by atoms with Crippen molar-refractivity contribution in [2.45, 2.75) is 36.0 Å². The average Bonchev–Trinajstić information content (AvgIpc) is 2.22. The van der Waals surface area contributed by atoms with Gasteiger partial charge in [-0.2, -0.15) is 0 Å². The summed E-state index contributed by atoms with van der Waals surface area (Å²) in [6.45, 7) is 0.688. The molecule has 0 aromatic heterocycles. The van der Waals surface area contributed by atoms with Crippen molar-refractivity contribution in [1.29, 1.82) is 0 Å². The summed E-state index contributed by atoms with van der Waals surface area (Å²) < 4.78 is 22.8. The van der Waals surface area contributed by atoms with Crippen LogP contribution in [0.1, 0.15) is 31.2 Å². The van der Waals surface area contributed by atoms with Crippen LogP contribution in [0.2, 0.25) is 0 Å². The van der Waals surface area contributed by atoms with Crippen LogP contribution < -0.4 is 5.73 Å². The molecule has 1 aliphatic rings. The fourth-order valence-corrected chi connectivity index (χ4v) is 3.25. The Hall–Kier alpha value is -0.870. The molecular formula is C13H19NO2S. The van der Waals surface area contributed by atoms with Crippen LogP contribution in [0, 0.1) is 0 Å². The third-order valence-corrected chi connectivity index (χ3v) is 4.96.